The smallest absolute Gasteiger partial charge is 0.122 e. The van der Waals surface area contributed by atoms with E-state index in [-0.39, 0.29) is 5.44 Å². The van der Waals surface area contributed by atoms with Gasteiger partial charge in [0.2, 0.25) is 0 Å². The molecule has 1 unspecified atom stereocenters. The lowest BCUT2D eigenvalue weighted by Crippen LogP contribution is -1.91. The van der Waals surface area contributed by atoms with Crippen molar-refractivity contribution in [2.45, 2.75) is 5.44 Å². The molecule has 1 heterocycles. The molecule has 0 radical (unpaired) electrons. The standard InChI is InChI=1S/C7H8OS/c8-7-5-3-1-2-4-6-9-7/h1-8H. The topological polar surface area (TPSA) is 20.2 Å². The van der Waals surface area contributed by atoms with Crippen molar-refractivity contribution >= 4 is 11.8 Å². The summed E-state index contributed by atoms with van der Waals surface area (Å²) in [5.74, 6) is 0. The van der Waals surface area contributed by atoms with Crippen LogP contribution in [0, 0.1) is 0 Å². The lowest BCUT2D eigenvalue weighted by molar-refractivity contribution is 0.310. The van der Waals surface area contributed by atoms with E-state index in [1.54, 1.807) is 6.08 Å². The largest absolute Gasteiger partial charge is 0.378 e. The van der Waals surface area contributed by atoms with E-state index in [9.17, 15) is 0 Å². The average Bonchev–Trinajstić information content (AvgIpc) is 1.79. The van der Waals surface area contributed by atoms with Crippen LogP contribution >= 0.6 is 11.8 Å². The first-order valence-corrected chi connectivity index (χ1v) is 3.67. The Balaban J connectivity index is 2.59. The van der Waals surface area contributed by atoms with Gasteiger partial charge in [-0.1, -0.05) is 36.1 Å². The molecule has 0 saturated carbocycles. The van der Waals surface area contributed by atoms with Gasteiger partial charge < -0.3 is 5.11 Å². The molecule has 1 N–H and O–H groups in total. The molecule has 0 saturated heterocycles. The number of aliphatic hydroxyl groups is 1. The molecule has 1 nitrogen and oxygen atoms in total. The van der Waals surface area contributed by atoms with Gasteiger partial charge in [-0.2, -0.15) is 0 Å². The van der Waals surface area contributed by atoms with E-state index in [0.29, 0.717) is 0 Å². The number of hydrogen-bond acceptors (Lipinski definition) is 2. The number of rotatable bonds is 0. The second kappa shape index (κ2) is 3.54. The highest BCUT2D eigenvalue weighted by Crippen LogP contribution is 2.11. The monoisotopic (exact) mass is 140 g/mol. The predicted molar refractivity (Wildman–Crippen MR) is 41.0 cm³/mol. The van der Waals surface area contributed by atoms with Gasteiger partial charge in [-0.15, -0.1) is 0 Å². The Morgan fingerprint density at radius 3 is 2.78 bits per heavy atom. The Bertz CT molecular complexity index is 158. The average molecular weight is 140 g/mol. The molecule has 1 atom stereocenters. The molecule has 0 aliphatic carbocycles. The SMILES string of the molecule is OC1C=CC=CC=CS1. The van der Waals surface area contributed by atoms with Gasteiger partial charge in [-0.3, -0.25) is 0 Å². The van der Waals surface area contributed by atoms with Crippen LogP contribution in [0.5, 0.6) is 0 Å². The summed E-state index contributed by atoms with van der Waals surface area (Å²) >= 11 is 1.39. The highest BCUT2D eigenvalue weighted by atomic mass is 32.2. The second-order valence-corrected chi connectivity index (χ2v) is 2.65. The normalized spacial score (nSPS) is 25.7. The summed E-state index contributed by atoms with van der Waals surface area (Å²) in [6, 6.07) is 0. The van der Waals surface area contributed by atoms with Crippen LogP contribution < -0.4 is 0 Å². The van der Waals surface area contributed by atoms with Crippen molar-refractivity contribution in [2.75, 3.05) is 0 Å². The first kappa shape index (κ1) is 6.65. The minimum Gasteiger partial charge on any atom is -0.378 e. The summed E-state index contributed by atoms with van der Waals surface area (Å²) in [7, 11) is 0. The quantitative estimate of drug-likeness (QED) is 0.552. The first-order valence-electron chi connectivity index (χ1n) is 2.73. The molecular weight excluding hydrogens is 132 g/mol. The summed E-state index contributed by atoms with van der Waals surface area (Å²) < 4.78 is 0. The van der Waals surface area contributed by atoms with Crippen molar-refractivity contribution in [1.82, 2.24) is 0 Å². The van der Waals surface area contributed by atoms with Gasteiger partial charge in [-0.25, -0.2) is 0 Å². The summed E-state index contributed by atoms with van der Waals surface area (Å²) in [5.41, 5.74) is -0.383. The number of allylic oxidation sites excluding steroid dienone is 4. The third-order valence-corrected chi connectivity index (χ3v) is 1.66. The first-order chi connectivity index (χ1) is 4.39. The van der Waals surface area contributed by atoms with E-state index in [4.69, 9.17) is 5.11 Å². The van der Waals surface area contributed by atoms with Crippen molar-refractivity contribution in [3.8, 4) is 0 Å². The van der Waals surface area contributed by atoms with Gasteiger partial charge in [-0.05, 0) is 11.5 Å². The summed E-state index contributed by atoms with van der Waals surface area (Å²) in [5, 5.41) is 10.9. The fraction of sp³-hybridized carbons (Fsp3) is 0.143. The van der Waals surface area contributed by atoms with Crippen LogP contribution in [-0.4, -0.2) is 10.5 Å². The zero-order chi connectivity index (χ0) is 6.53. The van der Waals surface area contributed by atoms with Crippen molar-refractivity contribution in [3.05, 3.63) is 35.8 Å². The Kier molecular flexibility index (Phi) is 2.61. The van der Waals surface area contributed by atoms with Gasteiger partial charge in [0.25, 0.3) is 0 Å². The van der Waals surface area contributed by atoms with E-state index in [2.05, 4.69) is 0 Å². The minimum atomic E-state index is -0.383. The van der Waals surface area contributed by atoms with Gasteiger partial charge in [0.05, 0.1) is 0 Å². The molecular formula is C7H8OS. The lowest BCUT2D eigenvalue weighted by atomic mass is 10.4. The Hall–Kier alpha value is -0.470. The van der Waals surface area contributed by atoms with Crippen LogP contribution in [0.3, 0.4) is 0 Å². The van der Waals surface area contributed by atoms with Crippen molar-refractivity contribution in [3.63, 3.8) is 0 Å². The Morgan fingerprint density at radius 1 is 1.11 bits per heavy atom. The fourth-order valence-corrected chi connectivity index (χ4v) is 1.03. The van der Waals surface area contributed by atoms with E-state index in [1.165, 1.54) is 11.8 Å². The molecule has 1 aliphatic heterocycles. The molecule has 0 fully saturated rings. The van der Waals surface area contributed by atoms with Gasteiger partial charge in [0.1, 0.15) is 5.44 Å². The number of hydrogen-bond donors (Lipinski definition) is 1. The van der Waals surface area contributed by atoms with Gasteiger partial charge in [0.15, 0.2) is 0 Å². The van der Waals surface area contributed by atoms with Crippen LogP contribution in [0.15, 0.2) is 35.8 Å². The molecule has 9 heavy (non-hydrogen) atoms. The molecule has 0 aromatic carbocycles. The minimum absolute atomic E-state index is 0.383. The van der Waals surface area contributed by atoms with Crippen LogP contribution in [0.2, 0.25) is 0 Å². The number of thioether (sulfide) groups is 1. The van der Waals surface area contributed by atoms with Crippen molar-refractivity contribution in [1.29, 1.82) is 0 Å². The summed E-state index contributed by atoms with van der Waals surface area (Å²) in [6.07, 6.45) is 9.29. The lowest BCUT2D eigenvalue weighted by Gasteiger charge is -1.99. The molecule has 1 aliphatic rings. The molecule has 0 bridgehead atoms. The van der Waals surface area contributed by atoms with Crippen LogP contribution in [0.25, 0.3) is 0 Å². The maximum absolute atomic E-state index is 9.01. The molecule has 0 aromatic rings. The highest BCUT2D eigenvalue weighted by molar-refractivity contribution is 8.02. The molecule has 1 rings (SSSR count). The zero-order valence-corrected chi connectivity index (χ0v) is 5.71. The van der Waals surface area contributed by atoms with Gasteiger partial charge in [0, 0.05) is 0 Å². The van der Waals surface area contributed by atoms with Crippen LogP contribution in [-0.2, 0) is 0 Å². The van der Waals surface area contributed by atoms with E-state index >= 15 is 0 Å². The summed E-state index contributed by atoms with van der Waals surface area (Å²) in [6.45, 7) is 0. The highest BCUT2D eigenvalue weighted by Gasteiger charge is 1.93. The van der Waals surface area contributed by atoms with Crippen molar-refractivity contribution in [2.24, 2.45) is 0 Å². The Morgan fingerprint density at radius 2 is 1.89 bits per heavy atom. The molecule has 0 amide bonds. The summed E-state index contributed by atoms with van der Waals surface area (Å²) in [4.78, 5) is 0. The van der Waals surface area contributed by atoms with Crippen LogP contribution in [0.4, 0.5) is 0 Å². The number of aliphatic hydroxyl groups excluding tert-OH is 1. The van der Waals surface area contributed by atoms with E-state index in [1.807, 2.05) is 29.7 Å². The zero-order valence-electron chi connectivity index (χ0n) is 4.90. The van der Waals surface area contributed by atoms with E-state index in [0.717, 1.165) is 0 Å². The van der Waals surface area contributed by atoms with Crippen molar-refractivity contribution < 1.29 is 5.11 Å². The maximum Gasteiger partial charge on any atom is 0.122 e. The molecule has 0 aromatic heterocycles. The second-order valence-electron chi connectivity index (χ2n) is 1.62. The predicted octanol–water partition coefficient (Wildman–Crippen LogP) is 1.68. The van der Waals surface area contributed by atoms with Gasteiger partial charge >= 0.3 is 0 Å². The van der Waals surface area contributed by atoms with E-state index < -0.39 is 0 Å². The fourth-order valence-electron chi connectivity index (χ4n) is 0.504. The molecule has 2 heteroatoms. The molecule has 0 spiro atoms. The molecule has 48 valence electrons. The van der Waals surface area contributed by atoms with Crippen LogP contribution in [0.1, 0.15) is 0 Å². The third-order valence-electron chi connectivity index (χ3n) is 0.906. The third kappa shape index (κ3) is 2.54. The maximum atomic E-state index is 9.01. The Labute approximate surface area is 58.8 Å².